The SMILES string of the molecule is CN(C)C(=O)N1C[C@@H]2CC[C@H](C1)N(C(=O)c1c[nH]c(=O)c3ccccc13)C2. The highest BCUT2D eigenvalue weighted by Gasteiger charge is 2.39. The number of carbonyl (C=O) groups is 2. The Hall–Kier alpha value is -2.83. The van der Waals surface area contributed by atoms with Crippen molar-refractivity contribution in [1.29, 1.82) is 0 Å². The Balaban J connectivity index is 1.67. The fraction of sp³-hybridized carbons (Fsp3) is 0.450. The lowest BCUT2D eigenvalue weighted by Gasteiger charge is -2.36. The van der Waals surface area contributed by atoms with Crippen LogP contribution in [0.15, 0.2) is 35.3 Å². The van der Waals surface area contributed by atoms with E-state index < -0.39 is 0 Å². The van der Waals surface area contributed by atoms with Crippen molar-refractivity contribution in [3.05, 3.63) is 46.4 Å². The fourth-order valence-electron chi connectivity index (χ4n) is 4.31. The van der Waals surface area contributed by atoms with Crippen LogP contribution in [-0.2, 0) is 0 Å². The van der Waals surface area contributed by atoms with Crippen molar-refractivity contribution in [1.82, 2.24) is 19.7 Å². The molecule has 1 aromatic carbocycles. The first-order valence-corrected chi connectivity index (χ1v) is 9.33. The van der Waals surface area contributed by atoms with Gasteiger partial charge in [0.2, 0.25) is 0 Å². The number of urea groups is 1. The molecule has 3 fully saturated rings. The molecule has 2 aromatic rings. The second-order valence-electron chi connectivity index (χ2n) is 7.71. The largest absolute Gasteiger partial charge is 0.333 e. The molecule has 0 radical (unpaired) electrons. The normalized spacial score (nSPS) is 22.0. The number of H-pyrrole nitrogens is 1. The first kappa shape index (κ1) is 17.6. The third kappa shape index (κ3) is 3.07. The Bertz CT molecular complexity index is 952. The van der Waals surface area contributed by atoms with Crippen molar-refractivity contribution in [3.63, 3.8) is 0 Å². The molecular weight excluding hydrogens is 344 g/mol. The summed E-state index contributed by atoms with van der Waals surface area (Å²) < 4.78 is 0. The van der Waals surface area contributed by atoms with Gasteiger partial charge in [0.1, 0.15) is 0 Å². The van der Waals surface area contributed by atoms with Crippen molar-refractivity contribution in [2.45, 2.75) is 18.9 Å². The molecule has 7 heteroatoms. The van der Waals surface area contributed by atoms with Crippen molar-refractivity contribution in [3.8, 4) is 0 Å². The molecule has 3 aliphatic heterocycles. The highest BCUT2D eigenvalue weighted by Crippen LogP contribution is 2.30. The van der Waals surface area contributed by atoms with Crippen molar-refractivity contribution in [2.75, 3.05) is 33.7 Å². The number of amides is 3. The van der Waals surface area contributed by atoms with E-state index in [0.29, 0.717) is 36.0 Å². The van der Waals surface area contributed by atoms with E-state index in [2.05, 4.69) is 4.98 Å². The Morgan fingerprint density at radius 2 is 1.81 bits per heavy atom. The molecule has 142 valence electrons. The second kappa shape index (κ2) is 6.72. The number of carbonyl (C=O) groups excluding carboxylic acids is 2. The molecule has 5 rings (SSSR count). The number of rotatable bonds is 1. The Morgan fingerprint density at radius 3 is 2.56 bits per heavy atom. The summed E-state index contributed by atoms with van der Waals surface area (Å²) in [7, 11) is 3.51. The van der Waals surface area contributed by atoms with E-state index in [0.717, 1.165) is 12.8 Å². The van der Waals surface area contributed by atoms with E-state index in [1.165, 1.54) is 6.20 Å². The maximum absolute atomic E-state index is 13.4. The maximum atomic E-state index is 13.4. The smallest absolute Gasteiger partial charge is 0.319 e. The van der Waals surface area contributed by atoms with Gasteiger partial charge in [0, 0.05) is 56.7 Å². The van der Waals surface area contributed by atoms with Gasteiger partial charge < -0.3 is 19.7 Å². The van der Waals surface area contributed by atoms with Crippen LogP contribution in [0.4, 0.5) is 4.79 Å². The predicted octanol–water partition coefficient (Wildman–Crippen LogP) is 1.75. The number of aromatic amines is 1. The van der Waals surface area contributed by atoms with Crippen molar-refractivity contribution >= 4 is 22.7 Å². The van der Waals surface area contributed by atoms with Gasteiger partial charge >= 0.3 is 6.03 Å². The van der Waals surface area contributed by atoms with Crippen LogP contribution >= 0.6 is 0 Å². The molecule has 2 atom stereocenters. The van der Waals surface area contributed by atoms with E-state index >= 15 is 0 Å². The van der Waals surface area contributed by atoms with Crippen LogP contribution in [0.25, 0.3) is 10.8 Å². The second-order valence-corrected chi connectivity index (χ2v) is 7.71. The number of hydrogen-bond donors (Lipinski definition) is 1. The maximum Gasteiger partial charge on any atom is 0.319 e. The molecule has 0 unspecified atom stereocenters. The van der Waals surface area contributed by atoms with Crippen LogP contribution in [0.1, 0.15) is 23.2 Å². The number of benzene rings is 1. The van der Waals surface area contributed by atoms with E-state index in [1.807, 2.05) is 21.9 Å². The summed E-state index contributed by atoms with van der Waals surface area (Å²) >= 11 is 0. The van der Waals surface area contributed by atoms with Crippen molar-refractivity contribution < 1.29 is 9.59 Å². The van der Waals surface area contributed by atoms with Gasteiger partial charge in [-0.1, -0.05) is 18.2 Å². The molecule has 3 saturated heterocycles. The van der Waals surface area contributed by atoms with Gasteiger partial charge in [0.25, 0.3) is 11.5 Å². The van der Waals surface area contributed by atoms with Gasteiger partial charge in [-0.2, -0.15) is 0 Å². The molecule has 7 nitrogen and oxygen atoms in total. The average Bonchev–Trinajstić information content (AvgIpc) is 2.99. The Morgan fingerprint density at radius 1 is 1.07 bits per heavy atom. The molecule has 1 N–H and O–H groups in total. The van der Waals surface area contributed by atoms with E-state index in [-0.39, 0.29) is 29.5 Å². The van der Waals surface area contributed by atoms with Gasteiger partial charge in [-0.3, -0.25) is 9.59 Å². The number of fused-ring (bicyclic) bond motifs is 5. The summed E-state index contributed by atoms with van der Waals surface area (Å²) in [6.07, 6.45) is 3.45. The number of pyridine rings is 1. The fourth-order valence-corrected chi connectivity index (χ4v) is 4.31. The molecular formula is C20H24N4O3. The minimum absolute atomic E-state index is 0.00399. The van der Waals surface area contributed by atoms with Gasteiger partial charge in [-0.25, -0.2) is 4.79 Å². The Kier molecular flexibility index (Phi) is 4.37. The molecule has 2 bridgehead atoms. The number of nitrogens with one attached hydrogen (secondary N) is 1. The van der Waals surface area contributed by atoms with Gasteiger partial charge in [0.05, 0.1) is 5.56 Å². The quantitative estimate of drug-likeness (QED) is 0.833. The third-order valence-electron chi connectivity index (χ3n) is 5.67. The zero-order valence-corrected chi connectivity index (χ0v) is 15.6. The van der Waals surface area contributed by atoms with E-state index in [9.17, 15) is 14.4 Å². The zero-order valence-electron chi connectivity index (χ0n) is 15.6. The molecule has 27 heavy (non-hydrogen) atoms. The molecule has 0 aliphatic carbocycles. The molecule has 0 spiro atoms. The molecule has 3 aliphatic rings. The summed E-state index contributed by atoms with van der Waals surface area (Å²) in [6, 6.07) is 7.18. The molecule has 0 saturated carbocycles. The van der Waals surface area contributed by atoms with Crippen LogP contribution in [0.3, 0.4) is 0 Å². The highest BCUT2D eigenvalue weighted by atomic mass is 16.2. The minimum atomic E-state index is -0.192. The molecule has 4 heterocycles. The number of nitrogens with zero attached hydrogens (tertiary/aromatic N) is 3. The highest BCUT2D eigenvalue weighted by molar-refractivity contribution is 6.06. The monoisotopic (exact) mass is 368 g/mol. The predicted molar refractivity (Wildman–Crippen MR) is 103 cm³/mol. The number of aromatic nitrogens is 1. The van der Waals surface area contributed by atoms with Crippen LogP contribution < -0.4 is 5.56 Å². The van der Waals surface area contributed by atoms with Crippen molar-refractivity contribution in [2.24, 2.45) is 5.92 Å². The van der Waals surface area contributed by atoms with Crippen LogP contribution in [0, 0.1) is 5.92 Å². The third-order valence-corrected chi connectivity index (χ3v) is 5.67. The summed E-state index contributed by atoms with van der Waals surface area (Å²) in [5, 5.41) is 1.19. The van der Waals surface area contributed by atoms with Gasteiger partial charge in [-0.05, 0) is 24.8 Å². The first-order chi connectivity index (χ1) is 13.0. The standard InChI is InChI=1S/C20H24N4O3/c1-22(2)20(27)23-10-13-7-8-14(12-23)24(11-13)19(26)17-9-21-18(25)16-6-4-3-5-15(16)17/h3-6,9,13-14H,7-8,10-12H2,1-2H3,(H,21,25)/t13-,14+/m0/s1. The topological polar surface area (TPSA) is 76.7 Å². The average molecular weight is 368 g/mol. The number of piperidine rings is 1. The van der Waals surface area contributed by atoms with Crippen LogP contribution in [0.2, 0.25) is 0 Å². The van der Waals surface area contributed by atoms with Crippen LogP contribution in [-0.4, -0.2) is 71.4 Å². The molecule has 1 aromatic heterocycles. The zero-order chi connectivity index (χ0) is 19.1. The lowest BCUT2D eigenvalue weighted by molar-refractivity contribution is 0.0587. The van der Waals surface area contributed by atoms with E-state index in [4.69, 9.17) is 0 Å². The van der Waals surface area contributed by atoms with Crippen LogP contribution in [0.5, 0.6) is 0 Å². The first-order valence-electron chi connectivity index (χ1n) is 9.33. The summed E-state index contributed by atoms with van der Waals surface area (Å²) in [5.41, 5.74) is 0.325. The lowest BCUT2D eigenvalue weighted by atomic mass is 9.94. The lowest BCUT2D eigenvalue weighted by Crippen LogP contribution is -2.48. The van der Waals surface area contributed by atoms with E-state index in [1.54, 1.807) is 31.1 Å². The van der Waals surface area contributed by atoms with Gasteiger partial charge in [0.15, 0.2) is 0 Å². The Labute approximate surface area is 157 Å². The summed E-state index contributed by atoms with van der Waals surface area (Å²) in [6.45, 7) is 1.89. The number of hydrogen-bond acceptors (Lipinski definition) is 3. The summed E-state index contributed by atoms with van der Waals surface area (Å²) in [4.78, 5) is 45.9. The van der Waals surface area contributed by atoms with Gasteiger partial charge in [-0.15, -0.1) is 0 Å². The minimum Gasteiger partial charge on any atom is -0.333 e. The summed E-state index contributed by atoms with van der Waals surface area (Å²) in [5.74, 6) is 0.210. The molecule has 3 amide bonds.